The van der Waals surface area contributed by atoms with Crippen LogP contribution in [0.4, 0.5) is 5.69 Å². The van der Waals surface area contributed by atoms with Crippen molar-refractivity contribution in [1.29, 1.82) is 0 Å². The van der Waals surface area contributed by atoms with E-state index < -0.39 is 0 Å². The quantitative estimate of drug-likeness (QED) is 0.856. The van der Waals surface area contributed by atoms with Crippen molar-refractivity contribution in [2.24, 2.45) is 0 Å². The molecule has 0 aliphatic carbocycles. The van der Waals surface area contributed by atoms with E-state index in [1.54, 1.807) is 0 Å². The summed E-state index contributed by atoms with van der Waals surface area (Å²) in [6.45, 7) is 6.32. The monoisotopic (exact) mass is 305 g/mol. The maximum absolute atomic E-state index is 12.1. The molecule has 0 radical (unpaired) electrons. The van der Waals surface area contributed by atoms with Gasteiger partial charge in [0, 0.05) is 31.7 Å². The molecule has 0 spiro atoms. The standard InChI is InChI=1S/C16H23N3O3/c1-12(14-4-3-5-15(10-14)18-13(2)20)17-11-16(21)19-6-8-22-9-7-19/h3-5,10,12,17H,6-9,11H2,1-2H3,(H,18,20). The Morgan fingerprint density at radius 3 is 2.73 bits per heavy atom. The van der Waals surface area contributed by atoms with Crippen LogP contribution < -0.4 is 10.6 Å². The molecule has 120 valence electrons. The third kappa shape index (κ3) is 4.82. The highest BCUT2D eigenvalue weighted by Crippen LogP contribution is 2.17. The van der Waals surface area contributed by atoms with E-state index in [0.717, 1.165) is 11.3 Å². The van der Waals surface area contributed by atoms with Crippen molar-refractivity contribution in [2.45, 2.75) is 19.9 Å². The Balaban J connectivity index is 1.87. The minimum atomic E-state index is -0.0970. The van der Waals surface area contributed by atoms with E-state index >= 15 is 0 Å². The lowest BCUT2D eigenvalue weighted by Crippen LogP contribution is -2.45. The van der Waals surface area contributed by atoms with Gasteiger partial charge in [0.15, 0.2) is 0 Å². The van der Waals surface area contributed by atoms with Gasteiger partial charge >= 0.3 is 0 Å². The third-order valence-electron chi connectivity index (χ3n) is 3.63. The van der Waals surface area contributed by atoms with E-state index in [4.69, 9.17) is 4.74 Å². The number of ether oxygens (including phenoxy) is 1. The lowest BCUT2D eigenvalue weighted by atomic mass is 10.1. The van der Waals surface area contributed by atoms with Crippen molar-refractivity contribution in [1.82, 2.24) is 10.2 Å². The summed E-state index contributed by atoms with van der Waals surface area (Å²) < 4.78 is 5.24. The molecular weight excluding hydrogens is 282 g/mol. The minimum Gasteiger partial charge on any atom is -0.378 e. The highest BCUT2D eigenvalue weighted by atomic mass is 16.5. The molecule has 1 atom stereocenters. The fourth-order valence-electron chi connectivity index (χ4n) is 2.37. The molecule has 22 heavy (non-hydrogen) atoms. The third-order valence-corrected chi connectivity index (χ3v) is 3.63. The first-order chi connectivity index (χ1) is 10.6. The second-order valence-electron chi connectivity index (χ2n) is 5.40. The smallest absolute Gasteiger partial charge is 0.236 e. The zero-order valence-electron chi connectivity index (χ0n) is 13.1. The molecule has 6 heteroatoms. The lowest BCUT2D eigenvalue weighted by molar-refractivity contribution is -0.134. The average molecular weight is 305 g/mol. The SMILES string of the molecule is CC(=O)Nc1cccc(C(C)NCC(=O)N2CCOCC2)c1. The van der Waals surface area contributed by atoms with Gasteiger partial charge in [-0.1, -0.05) is 12.1 Å². The van der Waals surface area contributed by atoms with Crippen LogP contribution >= 0.6 is 0 Å². The van der Waals surface area contributed by atoms with Gasteiger partial charge in [0.25, 0.3) is 0 Å². The van der Waals surface area contributed by atoms with Crippen LogP contribution in [0.3, 0.4) is 0 Å². The van der Waals surface area contributed by atoms with E-state index in [0.29, 0.717) is 32.8 Å². The number of rotatable bonds is 5. The second kappa shape index (κ2) is 7.91. The summed E-state index contributed by atoms with van der Waals surface area (Å²) in [5.74, 6) is -0.00609. The zero-order valence-corrected chi connectivity index (χ0v) is 13.1. The molecule has 1 aromatic rings. The Bertz CT molecular complexity index is 527. The van der Waals surface area contributed by atoms with Crippen molar-refractivity contribution in [2.75, 3.05) is 38.2 Å². The fraction of sp³-hybridized carbons (Fsp3) is 0.500. The van der Waals surface area contributed by atoms with E-state index in [1.807, 2.05) is 36.1 Å². The molecule has 1 saturated heterocycles. The predicted molar refractivity (Wildman–Crippen MR) is 84.6 cm³/mol. The van der Waals surface area contributed by atoms with Crippen LogP contribution in [0.1, 0.15) is 25.5 Å². The number of benzene rings is 1. The zero-order chi connectivity index (χ0) is 15.9. The van der Waals surface area contributed by atoms with E-state index in [9.17, 15) is 9.59 Å². The van der Waals surface area contributed by atoms with Crippen LogP contribution in [-0.2, 0) is 14.3 Å². The molecule has 2 rings (SSSR count). The molecule has 1 aliphatic rings. The largest absolute Gasteiger partial charge is 0.378 e. The summed E-state index contributed by atoms with van der Waals surface area (Å²) in [6, 6.07) is 7.65. The summed E-state index contributed by atoms with van der Waals surface area (Å²) in [7, 11) is 0. The van der Waals surface area contributed by atoms with Gasteiger partial charge in [0.1, 0.15) is 0 Å². The Labute approximate surface area is 130 Å². The van der Waals surface area contributed by atoms with E-state index in [1.165, 1.54) is 6.92 Å². The van der Waals surface area contributed by atoms with E-state index in [2.05, 4.69) is 10.6 Å². The number of nitrogens with zero attached hydrogens (tertiary/aromatic N) is 1. The van der Waals surface area contributed by atoms with Crippen LogP contribution in [-0.4, -0.2) is 49.6 Å². The summed E-state index contributed by atoms with van der Waals surface area (Å²) in [4.78, 5) is 25.0. The van der Waals surface area contributed by atoms with Gasteiger partial charge in [0.05, 0.1) is 19.8 Å². The maximum atomic E-state index is 12.1. The van der Waals surface area contributed by atoms with Gasteiger partial charge in [-0.05, 0) is 24.6 Å². The number of hydrogen-bond acceptors (Lipinski definition) is 4. The Morgan fingerprint density at radius 2 is 2.05 bits per heavy atom. The van der Waals surface area contributed by atoms with Crippen LogP contribution in [0.25, 0.3) is 0 Å². The van der Waals surface area contributed by atoms with Crippen LogP contribution in [0.5, 0.6) is 0 Å². The van der Waals surface area contributed by atoms with Crippen molar-refractivity contribution in [3.8, 4) is 0 Å². The number of anilines is 1. The molecule has 2 amide bonds. The summed E-state index contributed by atoms with van der Waals surface area (Å²) in [6.07, 6.45) is 0. The molecule has 1 aromatic carbocycles. The maximum Gasteiger partial charge on any atom is 0.236 e. The number of carbonyl (C=O) groups is 2. The van der Waals surface area contributed by atoms with Crippen molar-refractivity contribution < 1.29 is 14.3 Å². The molecule has 0 bridgehead atoms. The topological polar surface area (TPSA) is 70.7 Å². The molecule has 1 unspecified atom stereocenters. The van der Waals surface area contributed by atoms with Crippen molar-refractivity contribution in [3.05, 3.63) is 29.8 Å². The predicted octanol–water partition coefficient (Wildman–Crippen LogP) is 1.15. The summed E-state index contributed by atoms with van der Waals surface area (Å²) in [5, 5.41) is 5.99. The number of amides is 2. The summed E-state index contributed by atoms with van der Waals surface area (Å²) in [5.41, 5.74) is 1.79. The molecule has 0 aromatic heterocycles. The van der Waals surface area contributed by atoms with Crippen LogP contribution in [0.15, 0.2) is 24.3 Å². The Morgan fingerprint density at radius 1 is 1.32 bits per heavy atom. The van der Waals surface area contributed by atoms with Crippen LogP contribution in [0, 0.1) is 0 Å². The van der Waals surface area contributed by atoms with Gasteiger partial charge in [-0.15, -0.1) is 0 Å². The number of carbonyl (C=O) groups excluding carboxylic acids is 2. The second-order valence-corrected chi connectivity index (χ2v) is 5.40. The van der Waals surface area contributed by atoms with Crippen molar-refractivity contribution >= 4 is 17.5 Å². The van der Waals surface area contributed by atoms with Gasteiger partial charge in [0.2, 0.25) is 11.8 Å². The van der Waals surface area contributed by atoms with E-state index in [-0.39, 0.29) is 17.9 Å². The van der Waals surface area contributed by atoms with Crippen LogP contribution in [0.2, 0.25) is 0 Å². The normalized spacial score (nSPS) is 16.2. The molecule has 0 saturated carbocycles. The van der Waals surface area contributed by atoms with Gasteiger partial charge in [-0.3, -0.25) is 9.59 Å². The molecule has 2 N–H and O–H groups in total. The first-order valence-electron chi connectivity index (χ1n) is 7.52. The molecule has 1 aliphatic heterocycles. The lowest BCUT2D eigenvalue weighted by Gasteiger charge is -2.27. The van der Waals surface area contributed by atoms with Gasteiger partial charge in [-0.25, -0.2) is 0 Å². The van der Waals surface area contributed by atoms with Crippen molar-refractivity contribution in [3.63, 3.8) is 0 Å². The number of morpholine rings is 1. The highest BCUT2D eigenvalue weighted by Gasteiger charge is 2.17. The molecule has 1 fully saturated rings. The molecular formula is C16H23N3O3. The Kier molecular flexibility index (Phi) is 5.91. The number of hydrogen-bond donors (Lipinski definition) is 2. The van der Waals surface area contributed by atoms with Gasteiger partial charge in [-0.2, -0.15) is 0 Å². The average Bonchev–Trinajstić information content (AvgIpc) is 2.52. The first-order valence-corrected chi connectivity index (χ1v) is 7.52. The molecule has 6 nitrogen and oxygen atoms in total. The molecule has 1 heterocycles. The fourth-order valence-corrected chi connectivity index (χ4v) is 2.37. The first kappa shape index (κ1) is 16.5. The van der Waals surface area contributed by atoms with Gasteiger partial charge < -0.3 is 20.3 Å². The minimum absolute atomic E-state index is 0.0266. The number of nitrogens with one attached hydrogen (secondary N) is 2. The Hall–Kier alpha value is -1.92. The summed E-state index contributed by atoms with van der Waals surface area (Å²) >= 11 is 0. The highest BCUT2D eigenvalue weighted by molar-refractivity contribution is 5.88.